The molecule has 0 unspecified atom stereocenters. The third kappa shape index (κ3) is 5.30. The zero-order valence-corrected chi connectivity index (χ0v) is 19.0. The van der Waals surface area contributed by atoms with Crippen molar-refractivity contribution in [1.29, 1.82) is 5.26 Å². The number of anilines is 1. The molecule has 13 heteroatoms. The number of nitriles is 1. The molecule has 1 fully saturated rings. The Hall–Kier alpha value is -3.21. The number of nitrogens with one attached hydrogen (secondary N) is 1. The minimum atomic E-state index is -4.52. The van der Waals surface area contributed by atoms with Crippen LogP contribution in [0.4, 0.5) is 18.3 Å². The van der Waals surface area contributed by atoms with Gasteiger partial charge < -0.3 is 9.47 Å². The molecule has 8 nitrogen and oxygen atoms in total. The Balaban J connectivity index is 1.67. The van der Waals surface area contributed by atoms with Crippen molar-refractivity contribution in [3.63, 3.8) is 0 Å². The van der Waals surface area contributed by atoms with Crippen LogP contribution in [0.2, 0.25) is 0 Å². The summed E-state index contributed by atoms with van der Waals surface area (Å²) < 4.78 is 82.3. The highest BCUT2D eigenvalue weighted by molar-refractivity contribution is 7.93. The molecule has 1 aliphatic heterocycles. The summed E-state index contributed by atoms with van der Waals surface area (Å²) in [5, 5.41) is 9.64. The minimum absolute atomic E-state index is 0.0189. The van der Waals surface area contributed by atoms with Gasteiger partial charge in [-0.05, 0) is 60.7 Å². The fourth-order valence-corrected chi connectivity index (χ4v) is 5.20. The van der Waals surface area contributed by atoms with E-state index in [1.807, 2.05) is 6.07 Å². The maximum Gasteiger partial charge on any atom is 0.416 e. The van der Waals surface area contributed by atoms with Crippen LogP contribution in [0.5, 0.6) is 11.5 Å². The van der Waals surface area contributed by atoms with Crippen LogP contribution in [0, 0.1) is 11.3 Å². The van der Waals surface area contributed by atoms with Crippen LogP contribution in [0.25, 0.3) is 0 Å². The number of ether oxygens (including phenoxy) is 2. The van der Waals surface area contributed by atoms with Crippen LogP contribution in [-0.4, -0.2) is 31.0 Å². The molecule has 2 heterocycles. The lowest BCUT2D eigenvalue weighted by Crippen LogP contribution is -2.16. The molecule has 0 bridgehead atoms. The van der Waals surface area contributed by atoms with Crippen molar-refractivity contribution < 1.29 is 31.1 Å². The average molecular weight is 511 g/mol. The summed E-state index contributed by atoms with van der Waals surface area (Å²) in [6, 6.07) is 8.71. The van der Waals surface area contributed by atoms with Crippen LogP contribution in [-0.2, 0) is 20.9 Å². The molecule has 4 rings (SSSR count). The quantitative estimate of drug-likeness (QED) is 0.501. The lowest BCUT2D eigenvalue weighted by atomic mass is 9.89. The van der Waals surface area contributed by atoms with E-state index in [-0.39, 0.29) is 33.0 Å². The first-order valence-electron chi connectivity index (χ1n) is 9.98. The molecule has 1 aliphatic rings. The summed E-state index contributed by atoms with van der Waals surface area (Å²) in [4.78, 5) is 3.55. The first-order valence-corrected chi connectivity index (χ1v) is 12.2. The number of rotatable bonds is 6. The third-order valence-electron chi connectivity index (χ3n) is 5.18. The van der Waals surface area contributed by atoms with Gasteiger partial charge in [0.1, 0.15) is 23.9 Å². The highest BCUT2D eigenvalue weighted by Gasteiger charge is 2.33. The SMILES string of the molecule is N#Cc1cc(S(=O)(=O)Nc2ncns2)ccc1Oc1ccc(C(F)(F)F)cc1C1CCOCC1. The smallest absolute Gasteiger partial charge is 0.416 e. The van der Waals surface area contributed by atoms with Crippen LogP contribution in [0.15, 0.2) is 47.6 Å². The number of sulfonamides is 1. The maximum absolute atomic E-state index is 13.3. The van der Waals surface area contributed by atoms with Gasteiger partial charge in [-0.15, -0.1) is 0 Å². The normalized spacial score (nSPS) is 15.0. The van der Waals surface area contributed by atoms with E-state index in [1.54, 1.807) is 0 Å². The molecule has 0 spiro atoms. The minimum Gasteiger partial charge on any atom is -0.456 e. The van der Waals surface area contributed by atoms with Crippen molar-refractivity contribution in [1.82, 2.24) is 9.36 Å². The Labute approximate surface area is 197 Å². The molecule has 1 N–H and O–H groups in total. The second-order valence-electron chi connectivity index (χ2n) is 7.36. The zero-order chi connectivity index (χ0) is 24.3. The van der Waals surface area contributed by atoms with Crippen LogP contribution in [0.3, 0.4) is 0 Å². The third-order valence-corrected chi connectivity index (χ3v) is 7.23. The van der Waals surface area contributed by atoms with E-state index >= 15 is 0 Å². The summed E-state index contributed by atoms with van der Waals surface area (Å²) in [6.07, 6.45) is -2.28. The van der Waals surface area contributed by atoms with Gasteiger partial charge in [0, 0.05) is 24.7 Å². The van der Waals surface area contributed by atoms with E-state index in [0.29, 0.717) is 31.6 Å². The fraction of sp³-hybridized carbons (Fsp3) is 0.286. The van der Waals surface area contributed by atoms with Gasteiger partial charge in [-0.2, -0.15) is 22.8 Å². The van der Waals surface area contributed by atoms with Crippen LogP contribution < -0.4 is 9.46 Å². The van der Waals surface area contributed by atoms with Crippen molar-refractivity contribution in [3.05, 3.63) is 59.4 Å². The second kappa shape index (κ2) is 9.57. The predicted octanol–water partition coefficient (Wildman–Crippen LogP) is 4.92. The van der Waals surface area contributed by atoms with Crippen molar-refractivity contribution in [2.24, 2.45) is 0 Å². The average Bonchev–Trinajstić information content (AvgIpc) is 3.31. The summed E-state index contributed by atoms with van der Waals surface area (Å²) in [5.74, 6) is -0.0308. The van der Waals surface area contributed by atoms with Crippen LogP contribution >= 0.6 is 11.5 Å². The van der Waals surface area contributed by atoms with E-state index in [9.17, 15) is 26.9 Å². The van der Waals surface area contributed by atoms with E-state index in [1.165, 1.54) is 24.5 Å². The molecule has 178 valence electrons. The predicted molar refractivity (Wildman–Crippen MR) is 116 cm³/mol. The van der Waals surface area contributed by atoms with Gasteiger partial charge in [-0.1, -0.05) is 0 Å². The first kappa shape index (κ1) is 23.9. The van der Waals surface area contributed by atoms with Gasteiger partial charge in [-0.25, -0.2) is 13.4 Å². The van der Waals surface area contributed by atoms with Gasteiger partial charge in [0.2, 0.25) is 5.13 Å². The molecule has 0 radical (unpaired) electrons. The highest BCUT2D eigenvalue weighted by Crippen LogP contribution is 2.41. The molecule has 0 atom stereocenters. The van der Waals surface area contributed by atoms with Crippen molar-refractivity contribution in [2.45, 2.75) is 29.8 Å². The van der Waals surface area contributed by atoms with E-state index in [2.05, 4.69) is 14.1 Å². The largest absolute Gasteiger partial charge is 0.456 e. The molecule has 3 aromatic rings. The van der Waals surface area contributed by atoms with Crippen molar-refractivity contribution in [3.8, 4) is 17.6 Å². The zero-order valence-electron chi connectivity index (χ0n) is 17.4. The molecule has 1 saturated heterocycles. The molecule has 2 aromatic carbocycles. The van der Waals surface area contributed by atoms with Gasteiger partial charge in [0.25, 0.3) is 10.0 Å². The molecule has 0 amide bonds. The maximum atomic E-state index is 13.3. The standard InChI is InChI=1S/C21H17F3N4O4S2/c22-21(23,24)15-1-3-19(17(10-15)13-5-7-31-8-6-13)32-18-4-2-16(9-14(18)11-25)34(29,30)28-20-26-12-27-33-20/h1-4,9-10,12-13H,5-8H2,(H,26,27,28). The summed E-state index contributed by atoms with van der Waals surface area (Å²) in [6.45, 7) is 0.829. The topological polar surface area (TPSA) is 114 Å². The monoisotopic (exact) mass is 510 g/mol. The van der Waals surface area contributed by atoms with Gasteiger partial charge in [-0.3, -0.25) is 4.72 Å². The molecule has 34 heavy (non-hydrogen) atoms. The number of halogens is 3. The number of aromatic nitrogens is 2. The molecule has 0 aliphatic carbocycles. The molecular weight excluding hydrogens is 493 g/mol. The Morgan fingerprint density at radius 1 is 1.15 bits per heavy atom. The van der Waals surface area contributed by atoms with Crippen LogP contribution in [0.1, 0.15) is 35.4 Å². The van der Waals surface area contributed by atoms with E-state index in [4.69, 9.17) is 9.47 Å². The molecular formula is C21H17F3N4O4S2. The Morgan fingerprint density at radius 3 is 2.53 bits per heavy atom. The number of alkyl halides is 3. The van der Waals surface area contributed by atoms with Gasteiger partial charge >= 0.3 is 6.18 Å². The number of hydrogen-bond donors (Lipinski definition) is 1. The lowest BCUT2D eigenvalue weighted by molar-refractivity contribution is -0.137. The second-order valence-corrected chi connectivity index (χ2v) is 9.82. The Morgan fingerprint density at radius 2 is 1.88 bits per heavy atom. The number of hydrogen-bond acceptors (Lipinski definition) is 8. The summed E-state index contributed by atoms with van der Waals surface area (Å²) >= 11 is 0.847. The summed E-state index contributed by atoms with van der Waals surface area (Å²) in [7, 11) is -4.04. The van der Waals surface area contributed by atoms with Crippen molar-refractivity contribution in [2.75, 3.05) is 17.9 Å². The molecule has 0 saturated carbocycles. The number of benzene rings is 2. The fourth-order valence-electron chi connectivity index (χ4n) is 3.51. The first-order chi connectivity index (χ1) is 16.2. The lowest BCUT2D eigenvalue weighted by Gasteiger charge is -2.25. The Kier molecular flexibility index (Phi) is 6.74. The van der Waals surface area contributed by atoms with Crippen molar-refractivity contribution >= 4 is 26.7 Å². The summed E-state index contributed by atoms with van der Waals surface area (Å²) in [5.41, 5.74) is -0.541. The van der Waals surface area contributed by atoms with E-state index in [0.717, 1.165) is 29.7 Å². The molecule has 1 aromatic heterocycles. The van der Waals surface area contributed by atoms with Gasteiger partial charge in [0.05, 0.1) is 16.0 Å². The van der Waals surface area contributed by atoms with Gasteiger partial charge in [0.15, 0.2) is 0 Å². The van der Waals surface area contributed by atoms with E-state index < -0.39 is 21.8 Å². The Bertz CT molecular complexity index is 1320. The highest BCUT2D eigenvalue weighted by atomic mass is 32.2. The number of nitrogens with zero attached hydrogens (tertiary/aromatic N) is 3.